The second-order valence-electron chi connectivity index (χ2n) is 4.79. The third-order valence-electron chi connectivity index (χ3n) is 3.39. The smallest absolute Gasteiger partial charge is 0.260 e. The summed E-state index contributed by atoms with van der Waals surface area (Å²) in [6.45, 7) is 6.39. The van der Waals surface area contributed by atoms with Gasteiger partial charge in [-0.3, -0.25) is 4.79 Å². The molecule has 104 valence electrons. The van der Waals surface area contributed by atoms with Crippen LogP contribution in [0.2, 0.25) is 5.02 Å². The SMILES string of the molecule is Cc1c(Cl)cccc1OCC(=O)N1CCNC[C@@H]1C. The zero-order chi connectivity index (χ0) is 13.8. The summed E-state index contributed by atoms with van der Waals surface area (Å²) in [6, 6.07) is 5.67. The molecule has 2 rings (SSSR count). The Hall–Kier alpha value is -1.26. The molecular weight excluding hydrogens is 264 g/mol. The molecule has 1 amide bonds. The Kier molecular flexibility index (Phi) is 4.66. The van der Waals surface area contributed by atoms with E-state index in [4.69, 9.17) is 16.3 Å². The van der Waals surface area contributed by atoms with Crippen molar-refractivity contribution in [2.45, 2.75) is 19.9 Å². The molecule has 1 aromatic carbocycles. The molecule has 0 saturated carbocycles. The van der Waals surface area contributed by atoms with Gasteiger partial charge in [0.15, 0.2) is 6.61 Å². The van der Waals surface area contributed by atoms with Crippen molar-refractivity contribution in [2.24, 2.45) is 0 Å². The van der Waals surface area contributed by atoms with Crippen molar-refractivity contribution >= 4 is 17.5 Å². The number of benzene rings is 1. The predicted molar refractivity (Wildman–Crippen MR) is 75.7 cm³/mol. The number of ether oxygens (including phenoxy) is 1. The van der Waals surface area contributed by atoms with Gasteiger partial charge in [-0.1, -0.05) is 17.7 Å². The fourth-order valence-corrected chi connectivity index (χ4v) is 2.34. The number of rotatable bonds is 3. The molecule has 0 unspecified atom stereocenters. The number of halogens is 1. The quantitative estimate of drug-likeness (QED) is 0.920. The lowest BCUT2D eigenvalue weighted by molar-refractivity contribution is -0.136. The fraction of sp³-hybridized carbons (Fsp3) is 0.500. The van der Waals surface area contributed by atoms with Crippen molar-refractivity contribution < 1.29 is 9.53 Å². The Morgan fingerprint density at radius 3 is 3.11 bits per heavy atom. The fourth-order valence-electron chi connectivity index (χ4n) is 2.18. The number of nitrogens with zero attached hydrogens (tertiary/aromatic N) is 1. The van der Waals surface area contributed by atoms with Crippen molar-refractivity contribution in [2.75, 3.05) is 26.2 Å². The van der Waals surface area contributed by atoms with Crippen molar-refractivity contribution in [3.05, 3.63) is 28.8 Å². The van der Waals surface area contributed by atoms with Gasteiger partial charge in [0.1, 0.15) is 5.75 Å². The van der Waals surface area contributed by atoms with Gasteiger partial charge in [-0.25, -0.2) is 0 Å². The van der Waals surface area contributed by atoms with E-state index in [1.165, 1.54) is 0 Å². The molecule has 0 aromatic heterocycles. The third kappa shape index (κ3) is 3.39. The minimum Gasteiger partial charge on any atom is -0.483 e. The maximum atomic E-state index is 12.1. The molecule has 1 N–H and O–H groups in total. The first kappa shape index (κ1) is 14.2. The van der Waals surface area contributed by atoms with Crippen LogP contribution in [-0.4, -0.2) is 43.1 Å². The average molecular weight is 283 g/mol. The Bertz CT molecular complexity index is 465. The van der Waals surface area contributed by atoms with Gasteiger partial charge in [0.25, 0.3) is 5.91 Å². The zero-order valence-electron chi connectivity index (χ0n) is 11.3. The molecule has 1 atom stereocenters. The average Bonchev–Trinajstić information content (AvgIpc) is 2.40. The highest BCUT2D eigenvalue weighted by atomic mass is 35.5. The Morgan fingerprint density at radius 1 is 1.58 bits per heavy atom. The number of piperazine rings is 1. The molecule has 1 fully saturated rings. The van der Waals surface area contributed by atoms with Crippen LogP contribution in [0.15, 0.2) is 18.2 Å². The van der Waals surface area contributed by atoms with E-state index in [2.05, 4.69) is 5.32 Å². The summed E-state index contributed by atoms with van der Waals surface area (Å²) < 4.78 is 5.58. The highest BCUT2D eigenvalue weighted by Crippen LogP contribution is 2.25. The monoisotopic (exact) mass is 282 g/mol. The van der Waals surface area contributed by atoms with E-state index in [-0.39, 0.29) is 18.6 Å². The Morgan fingerprint density at radius 2 is 2.37 bits per heavy atom. The molecule has 0 radical (unpaired) electrons. The lowest BCUT2D eigenvalue weighted by atomic mass is 10.2. The van der Waals surface area contributed by atoms with E-state index in [0.717, 1.165) is 25.2 Å². The summed E-state index contributed by atoms with van der Waals surface area (Å²) in [4.78, 5) is 14.0. The van der Waals surface area contributed by atoms with Crippen molar-refractivity contribution in [1.29, 1.82) is 0 Å². The van der Waals surface area contributed by atoms with E-state index in [1.54, 1.807) is 0 Å². The second kappa shape index (κ2) is 6.26. The summed E-state index contributed by atoms with van der Waals surface area (Å²) in [5.41, 5.74) is 0.866. The topological polar surface area (TPSA) is 41.6 Å². The van der Waals surface area contributed by atoms with Crippen LogP contribution in [0.4, 0.5) is 0 Å². The standard InChI is InChI=1S/C14H19ClN2O2/c1-10-8-16-6-7-17(10)14(18)9-19-13-5-3-4-12(15)11(13)2/h3-5,10,16H,6-9H2,1-2H3/t10-/m0/s1. The summed E-state index contributed by atoms with van der Waals surface area (Å²) >= 11 is 6.02. The molecule has 0 bridgehead atoms. The number of carbonyl (C=O) groups is 1. The van der Waals surface area contributed by atoms with E-state index in [9.17, 15) is 4.79 Å². The predicted octanol–water partition coefficient (Wildman–Crippen LogP) is 1.85. The first-order chi connectivity index (χ1) is 9.09. The van der Waals surface area contributed by atoms with Crippen LogP contribution in [0, 0.1) is 6.92 Å². The first-order valence-electron chi connectivity index (χ1n) is 6.47. The van der Waals surface area contributed by atoms with Gasteiger partial charge in [0.05, 0.1) is 0 Å². The molecule has 5 heteroatoms. The van der Waals surface area contributed by atoms with Gasteiger partial charge < -0.3 is 15.0 Å². The molecule has 1 aromatic rings. The third-order valence-corrected chi connectivity index (χ3v) is 3.80. The number of carbonyl (C=O) groups excluding carboxylic acids is 1. The normalized spacial score (nSPS) is 19.3. The van der Waals surface area contributed by atoms with Crippen molar-refractivity contribution in [3.63, 3.8) is 0 Å². The lowest BCUT2D eigenvalue weighted by Gasteiger charge is -2.33. The number of hydrogen-bond acceptors (Lipinski definition) is 3. The van der Waals surface area contributed by atoms with Gasteiger partial charge in [-0.05, 0) is 26.0 Å². The highest BCUT2D eigenvalue weighted by Gasteiger charge is 2.23. The summed E-state index contributed by atoms with van der Waals surface area (Å²) in [7, 11) is 0. The molecule has 0 spiro atoms. The van der Waals surface area contributed by atoms with Crippen LogP contribution < -0.4 is 10.1 Å². The van der Waals surface area contributed by atoms with Crippen LogP contribution in [0.3, 0.4) is 0 Å². The summed E-state index contributed by atoms with van der Waals surface area (Å²) in [5, 5.41) is 3.91. The van der Waals surface area contributed by atoms with Crippen LogP contribution in [-0.2, 0) is 4.79 Å². The molecule has 1 aliphatic heterocycles. The first-order valence-corrected chi connectivity index (χ1v) is 6.85. The van der Waals surface area contributed by atoms with E-state index in [1.807, 2.05) is 36.9 Å². The van der Waals surface area contributed by atoms with Gasteiger partial charge >= 0.3 is 0 Å². The molecule has 1 aliphatic rings. The van der Waals surface area contributed by atoms with Gasteiger partial charge in [-0.15, -0.1) is 0 Å². The molecule has 4 nitrogen and oxygen atoms in total. The zero-order valence-corrected chi connectivity index (χ0v) is 12.0. The van der Waals surface area contributed by atoms with E-state index in [0.29, 0.717) is 10.8 Å². The van der Waals surface area contributed by atoms with E-state index >= 15 is 0 Å². The number of hydrogen-bond donors (Lipinski definition) is 1. The number of nitrogens with one attached hydrogen (secondary N) is 1. The maximum absolute atomic E-state index is 12.1. The summed E-state index contributed by atoms with van der Waals surface area (Å²) in [6.07, 6.45) is 0. The molecule has 1 saturated heterocycles. The summed E-state index contributed by atoms with van der Waals surface area (Å²) in [5.74, 6) is 0.692. The van der Waals surface area contributed by atoms with Crippen molar-refractivity contribution in [1.82, 2.24) is 10.2 Å². The van der Waals surface area contributed by atoms with Crippen LogP contribution in [0.25, 0.3) is 0 Å². The van der Waals surface area contributed by atoms with Crippen LogP contribution >= 0.6 is 11.6 Å². The largest absolute Gasteiger partial charge is 0.483 e. The van der Waals surface area contributed by atoms with E-state index < -0.39 is 0 Å². The molecule has 1 heterocycles. The minimum atomic E-state index is 0.0216. The lowest BCUT2D eigenvalue weighted by Crippen LogP contribution is -2.53. The van der Waals surface area contributed by atoms with Crippen molar-refractivity contribution in [3.8, 4) is 5.75 Å². The van der Waals surface area contributed by atoms with Gasteiger partial charge in [-0.2, -0.15) is 0 Å². The second-order valence-corrected chi connectivity index (χ2v) is 5.20. The Labute approximate surface area is 118 Å². The maximum Gasteiger partial charge on any atom is 0.260 e. The van der Waals surface area contributed by atoms with Crippen LogP contribution in [0.5, 0.6) is 5.75 Å². The Balaban J connectivity index is 1.94. The number of amides is 1. The molecule has 19 heavy (non-hydrogen) atoms. The van der Waals surface area contributed by atoms with Crippen LogP contribution in [0.1, 0.15) is 12.5 Å². The molecular formula is C14H19ClN2O2. The highest BCUT2D eigenvalue weighted by molar-refractivity contribution is 6.31. The van der Waals surface area contributed by atoms with Gasteiger partial charge in [0, 0.05) is 36.3 Å². The minimum absolute atomic E-state index is 0.0216. The molecule has 0 aliphatic carbocycles. The van der Waals surface area contributed by atoms with Gasteiger partial charge in [0.2, 0.25) is 0 Å².